The summed E-state index contributed by atoms with van der Waals surface area (Å²) in [4.78, 5) is 44.9. The highest BCUT2D eigenvalue weighted by Gasteiger charge is 2.76. The molecule has 6 atom stereocenters. The van der Waals surface area contributed by atoms with Gasteiger partial charge in [-0.15, -0.1) is 24.9 Å². The SMILES string of the molecule is C=CCCOC(=O)[C@H]1[C@@H]2SC3(CC2Br)C(C(=O)N(CC=C)c2ccc(Cl)cc2)N(CCCCO)C(=O)[C@H]13. The van der Waals surface area contributed by atoms with Crippen molar-refractivity contribution < 1.29 is 24.2 Å². The number of carbonyl (C=O) groups is 3. The molecule has 3 aliphatic heterocycles. The zero-order chi connectivity index (χ0) is 26.7. The first-order chi connectivity index (χ1) is 17.8. The molecule has 1 aromatic carbocycles. The number of benzene rings is 1. The minimum Gasteiger partial charge on any atom is -0.465 e. The van der Waals surface area contributed by atoms with Crippen LogP contribution in [0.3, 0.4) is 0 Å². The van der Waals surface area contributed by atoms with Gasteiger partial charge in [-0.25, -0.2) is 0 Å². The fraction of sp³-hybridized carbons (Fsp3) is 0.519. The van der Waals surface area contributed by atoms with E-state index in [1.54, 1.807) is 58.0 Å². The number of likely N-dealkylation sites (tertiary alicyclic amines) is 1. The molecule has 7 nitrogen and oxygen atoms in total. The van der Waals surface area contributed by atoms with E-state index < -0.39 is 28.6 Å². The second kappa shape index (κ2) is 11.9. The molecule has 0 radical (unpaired) electrons. The number of aliphatic hydroxyl groups excluding tert-OH is 1. The number of ether oxygens (including phenoxy) is 1. The largest absolute Gasteiger partial charge is 0.465 e. The highest BCUT2D eigenvalue weighted by Crippen LogP contribution is 2.68. The maximum absolute atomic E-state index is 14.4. The summed E-state index contributed by atoms with van der Waals surface area (Å²) in [5.41, 5.74) is 0.658. The molecule has 3 saturated heterocycles. The van der Waals surface area contributed by atoms with Gasteiger partial charge >= 0.3 is 5.97 Å². The summed E-state index contributed by atoms with van der Waals surface area (Å²) in [6, 6.07) is 6.23. The van der Waals surface area contributed by atoms with Crippen LogP contribution in [0.25, 0.3) is 0 Å². The summed E-state index contributed by atoms with van der Waals surface area (Å²) in [6.45, 7) is 8.30. The molecule has 4 rings (SSSR count). The first kappa shape index (κ1) is 28.2. The van der Waals surface area contributed by atoms with Crippen LogP contribution in [0.5, 0.6) is 0 Å². The average molecular weight is 612 g/mol. The van der Waals surface area contributed by atoms with Crippen molar-refractivity contribution in [3.8, 4) is 0 Å². The van der Waals surface area contributed by atoms with Gasteiger partial charge in [-0.2, -0.15) is 0 Å². The third-order valence-electron chi connectivity index (χ3n) is 7.38. The standard InChI is InChI=1S/C27H32BrClN2O5S/c1-3-5-15-36-26(35)20-21-24(33)31(13-6-7-14-32)23(27(21)16-19(28)22(20)37-27)25(34)30(12-4-2)18-10-8-17(29)9-11-18/h3-4,8-11,19-23,32H,1-2,5-7,12-16H2/t19?,20-,21+,22-,23?,27?/m1/s1. The van der Waals surface area contributed by atoms with Crippen molar-refractivity contribution in [3.63, 3.8) is 0 Å². The van der Waals surface area contributed by atoms with E-state index in [4.69, 9.17) is 16.3 Å². The average Bonchev–Trinajstić information content (AvgIpc) is 3.46. The first-order valence-electron chi connectivity index (χ1n) is 12.5. The number of carbonyl (C=O) groups excluding carboxylic acids is 3. The third-order valence-corrected chi connectivity index (χ3v) is 10.9. The third kappa shape index (κ3) is 5.12. The summed E-state index contributed by atoms with van der Waals surface area (Å²) in [7, 11) is 0. The van der Waals surface area contributed by atoms with Gasteiger partial charge in [-0.3, -0.25) is 14.4 Å². The highest BCUT2D eigenvalue weighted by molar-refractivity contribution is 9.09. The van der Waals surface area contributed by atoms with Crippen molar-refractivity contribution in [1.29, 1.82) is 0 Å². The highest BCUT2D eigenvalue weighted by atomic mass is 79.9. The quantitative estimate of drug-likeness (QED) is 0.165. The molecule has 2 bridgehead atoms. The van der Waals surface area contributed by atoms with Crippen LogP contribution < -0.4 is 4.90 Å². The van der Waals surface area contributed by atoms with Gasteiger partial charge in [0.1, 0.15) is 6.04 Å². The van der Waals surface area contributed by atoms with Gasteiger partial charge in [0.25, 0.3) is 5.91 Å². The number of amides is 2. The second-order valence-electron chi connectivity index (χ2n) is 9.58. The fourth-order valence-corrected chi connectivity index (χ4v) is 9.59. The predicted octanol–water partition coefficient (Wildman–Crippen LogP) is 4.22. The minimum atomic E-state index is -0.764. The number of halogens is 2. The van der Waals surface area contributed by atoms with Crippen LogP contribution in [-0.4, -0.2) is 75.0 Å². The molecular weight excluding hydrogens is 580 g/mol. The van der Waals surface area contributed by atoms with Gasteiger partial charge in [0.2, 0.25) is 5.91 Å². The molecule has 0 aliphatic carbocycles. The summed E-state index contributed by atoms with van der Waals surface area (Å²) in [5, 5.41) is 9.74. The van der Waals surface area contributed by atoms with Crippen molar-refractivity contribution in [3.05, 3.63) is 54.6 Å². The van der Waals surface area contributed by atoms with E-state index in [-0.39, 0.29) is 41.6 Å². The van der Waals surface area contributed by atoms with Crippen molar-refractivity contribution in [2.45, 2.75) is 46.5 Å². The number of rotatable bonds is 12. The topological polar surface area (TPSA) is 87.2 Å². The van der Waals surface area contributed by atoms with Gasteiger partial charge in [0, 0.05) is 40.5 Å². The summed E-state index contributed by atoms with van der Waals surface area (Å²) in [6.07, 6.45) is 5.52. The molecule has 3 unspecified atom stereocenters. The minimum absolute atomic E-state index is 0.00112. The van der Waals surface area contributed by atoms with Crippen LogP contribution in [0, 0.1) is 11.8 Å². The fourth-order valence-electron chi connectivity index (χ4n) is 5.87. The Bertz CT molecular complexity index is 1060. The van der Waals surface area contributed by atoms with E-state index in [9.17, 15) is 19.5 Å². The van der Waals surface area contributed by atoms with Crippen LogP contribution in [0.4, 0.5) is 5.69 Å². The van der Waals surface area contributed by atoms with Gasteiger partial charge in [-0.1, -0.05) is 39.7 Å². The number of hydrogen-bond donors (Lipinski definition) is 1. The number of hydrogen-bond acceptors (Lipinski definition) is 6. The molecule has 3 fully saturated rings. The Morgan fingerprint density at radius 2 is 2.00 bits per heavy atom. The molecule has 0 saturated carbocycles. The number of esters is 1. The predicted molar refractivity (Wildman–Crippen MR) is 150 cm³/mol. The molecule has 0 aromatic heterocycles. The molecule has 1 aromatic rings. The first-order valence-corrected chi connectivity index (χ1v) is 14.7. The Kier molecular flexibility index (Phi) is 9.09. The molecule has 3 heterocycles. The molecule has 10 heteroatoms. The van der Waals surface area contributed by atoms with E-state index >= 15 is 0 Å². The molecule has 1 N–H and O–H groups in total. The maximum Gasteiger partial charge on any atom is 0.310 e. The normalized spacial score (nSPS) is 29.8. The lowest BCUT2D eigenvalue weighted by molar-refractivity contribution is -0.154. The zero-order valence-corrected chi connectivity index (χ0v) is 23.7. The lowest BCUT2D eigenvalue weighted by atomic mass is 9.71. The van der Waals surface area contributed by atoms with Crippen LogP contribution in [0.2, 0.25) is 5.02 Å². The van der Waals surface area contributed by atoms with Gasteiger partial charge in [0.05, 0.1) is 23.2 Å². The van der Waals surface area contributed by atoms with Crippen molar-refractivity contribution in [2.75, 3.05) is 31.2 Å². The van der Waals surface area contributed by atoms with Crippen LogP contribution >= 0.6 is 39.3 Å². The molecular formula is C27H32BrClN2O5S. The Morgan fingerprint density at radius 1 is 1.27 bits per heavy atom. The Balaban J connectivity index is 1.73. The van der Waals surface area contributed by atoms with Gasteiger partial charge in [0.15, 0.2) is 0 Å². The Labute approximate surface area is 235 Å². The molecule has 200 valence electrons. The Hall–Kier alpha value is -1.81. The van der Waals surface area contributed by atoms with Crippen LogP contribution in [0.1, 0.15) is 25.7 Å². The number of thioether (sulfide) groups is 1. The van der Waals surface area contributed by atoms with E-state index in [0.29, 0.717) is 42.9 Å². The van der Waals surface area contributed by atoms with E-state index in [1.807, 2.05) is 0 Å². The number of alkyl halides is 1. The van der Waals surface area contributed by atoms with Crippen molar-refractivity contribution >= 4 is 62.8 Å². The summed E-state index contributed by atoms with van der Waals surface area (Å²) in [5.74, 6) is -2.08. The van der Waals surface area contributed by atoms with Crippen molar-refractivity contribution in [1.82, 2.24) is 4.90 Å². The summed E-state index contributed by atoms with van der Waals surface area (Å²) >= 11 is 11.4. The van der Waals surface area contributed by atoms with Gasteiger partial charge < -0.3 is 19.6 Å². The molecule has 1 spiro atoms. The van der Waals surface area contributed by atoms with E-state index in [2.05, 4.69) is 29.1 Å². The Morgan fingerprint density at radius 3 is 2.65 bits per heavy atom. The second-order valence-corrected chi connectivity index (χ2v) is 12.7. The number of fused-ring (bicyclic) bond motifs is 1. The van der Waals surface area contributed by atoms with Crippen LogP contribution in [-0.2, 0) is 19.1 Å². The monoisotopic (exact) mass is 610 g/mol. The van der Waals surface area contributed by atoms with Crippen LogP contribution in [0.15, 0.2) is 49.6 Å². The number of aliphatic hydroxyl groups is 1. The maximum atomic E-state index is 14.4. The number of anilines is 1. The van der Waals surface area contributed by atoms with Gasteiger partial charge in [-0.05, 0) is 49.9 Å². The lowest BCUT2D eigenvalue weighted by Gasteiger charge is -2.37. The smallest absolute Gasteiger partial charge is 0.310 e. The lowest BCUT2D eigenvalue weighted by Crippen LogP contribution is -2.55. The molecule has 37 heavy (non-hydrogen) atoms. The molecule has 3 aliphatic rings. The molecule has 2 amide bonds. The number of nitrogens with zero attached hydrogens (tertiary/aromatic N) is 2. The zero-order valence-electron chi connectivity index (χ0n) is 20.6. The summed E-state index contributed by atoms with van der Waals surface area (Å²) < 4.78 is 4.78. The van der Waals surface area contributed by atoms with Crippen molar-refractivity contribution in [2.24, 2.45) is 11.8 Å². The van der Waals surface area contributed by atoms with E-state index in [1.165, 1.54) is 0 Å². The number of unbranched alkanes of at least 4 members (excludes halogenated alkanes) is 1. The van der Waals surface area contributed by atoms with E-state index in [0.717, 1.165) is 0 Å².